The number of rotatable bonds is 3. The molecule has 0 aliphatic carbocycles. The van der Waals surface area contributed by atoms with E-state index in [2.05, 4.69) is 10.5 Å². The average molecular weight is 467 g/mol. The van der Waals surface area contributed by atoms with Crippen LogP contribution in [0.3, 0.4) is 0 Å². The number of nitrogens with one attached hydrogen (secondary N) is 2. The van der Waals surface area contributed by atoms with Crippen LogP contribution in [0, 0.1) is 0 Å². The average Bonchev–Trinajstić information content (AvgIpc) is 3.23. The van der Waals surface area contributed by atoms with Crippen LogP contribution >= 0.6 is 11.6 Å². The van der Waals surface area contributed by atoms with Crippen molar-refractivity contribution in [2.75, 3.05) is 13.2 Å². The molecule has 8 nitrogen and oxygen atoms in total. The summed E-state index contributed by atoms with van der Waals surface area (Å²) in [6.07, 6.45) is -4.13. The van der Waals surface area contributed by atoms with Crippen LogP contribution in [0.15, 0.2) is 48.7 Å². The van der Waals surface area contributed by atoms with Gasteiger partial charge in [0, 0.05) is 10.6 Å². The first-order valence-electron chi connectivity index (χ1n) is 9.15. The normalized spacial score (nSPS) is 12.9. The first kappa shape index (κ1) is 21.5. The fourth-order valence-electron chi connectivity index (χ4n) is 3.00. The molecule has 2 N–H and O–H groups in total. The van der Waals surface area contributed by atoms with Crippen molar-refractivity contribution < 1.29 is 32.2 Å². The summed E-state index contributed by atoms with van der Waals surface area (Å²) in [7, 11) is 0. The second-order valence-corrected chi connectivity index (χ2v) is 7.00. The third-order valence-electron chi connectivity index (χ3n) is 4.45. The first-order chi connectivity index (χ1) is 15.2. The SMILES string of the molecule is O=C(NNC(=O)c1cnn(-c2ccc(Cl)cc2)c1C(F)(F)F)c1ccc2c(c1)OCCO2. The quantitative estimate of drug-likeness (QED) is 0.577. The predicted molar refractivity (Wildman–Crippen MR) is 106 cm³/mol. The lowest BCUT2D eigenvalue weighted by Gasteiger charge is -2.18. The molecule has 0 radical (unpaired) electrons. The molecule has 2 amide bonds. The number of carbonyl (C=O) groups excluding carboxylic acids is 2. The van der Waals surface area contributed by atoms with E-state index in [0.717, 1.165) is 6.20 Å². The Labute approximate surface area is 183 Å². The molecule has 0 atom stereocenters. The van der Waals surface area contributed by atoms with Crippen molar-refractivity contribution in [3.63, 3.8) is 0 Å². The Balaban J connectivity index is 1.53. The Hall–Kier alpha value is -3.73. The highest BCUT2D eigenvalue weighted by Crippen LogP contribution is 2.34. The minimum atomic E-state index is -4.90. The van der Waals surface area contributed by atoms with Gasteiger partial charge in [-0.25, -0.2) is 4.68 Å². The third-order valence-corrected chi connectivity index (χ3v) is 4.70. The van der Waals surface area contributed by atoms with E-state index in [-0.39, 0.29) is 11.3 Å². The van der Waals surface area contributed by atoms with Gasteiger partial charge in [-0.05, 0) is 42.5 Å². The van der Waals surface area contributed by atoms with Crippen LogP contribution in [0.4, 0.5) is 13.2 Å². The summed E-state index contributed by atoms with van der Waals surface area (Å²) < 4.78 is 52.4. The summed E-state index contributed by atoms with van der Waals surface area (Å²) >= 11 is 5.77. The summed E-state index contributed by atoms with van der Waals surface area (Å²) in [5, 5.41) is 4.01. The molecule has 166 valence electrons. The topological polar surface area (TPSA) is 94.5 Å². The molecule has 1 aliphatic rings. The standard InChI is InChI=1S/C20H14ClF3N4O4/c21-12-2-4-13(5-3-12)28-17(20(22,23)24)14(10-25-28)19(30)27-26-18(29)11-1-6-15-16(9-11)32-8-7-31-15/h1-6,9-10H,7-8H2,(H,26,29)(H,27,30). The molecule has 2 heterocycles. The van der Waals surface area contributed by atoms with Crippen molar-refractivity contribution in [3.8, 4) is 17.2 Å². The number of carbonyl (C=O) groups is 2. The highest BCUT2D eigenvalue weighted by atomic mass is 35.5. The summed E-state index contributed by atoms with van der Waals surface area (Å²) in [4.78, 5) is 24.8. The van der Waals surface area contributed by atoms with E-state index in [9.17, 15) is 22.8 Å². The number of ether oxygens (including phenoxy) is 2. The van der Waals surface area contributed by atoms with Crippen molar-refractivity contribution in [1.82, 2.24) is 20.6 Å². The molecule has 0 saturated heterocycles. The lowest BCUT2D eigenvalue weighted by atomic mass is 10.2. The van der Waals surface area contributed by atoms with Gasteiger partial charge in [0.25, 0.3) is 11.8 Å². The Kier molecular flexibility index (Phi) is 5.66. The largest absolute Gasteiger partial charge is 0.486 e. The molecule has 0 spiro atoms. The highest BCUT2D eigenvalue weighted by molar-refractivity contribution is 6.30. The molecule has 3 aromatic rings. The van der Waals surface area contributed by atoms with Gasteiger partial charge in [-0.2, -0.15) is 18.3 Å². The van der Waals surface area contributed by atoms with E-state index < -0.39 is 29.2 Å². The zero-order valence-corrected chi connectivity index (χ0v) is 16.8. The smallest absolute Gasteiger partial charge is 0.434 e. The molecular formula is C20H14ClF3N4O4. The van der Waals surface area contributed by atoms with Gasteiger partial charge in [0.15, 0.2) is 17.2 Å². The van der Waals surface area contributed by atoms with Gasteiger partial charge < -0.3 is 9.47 Å². The molecule has 4 rings (SSSR count). The maximum atomic E-state index is 13.7. The molecule has 1 aromatic heterocycles. The fourth-order valence-corrected chi connectivity index (χ4v) is 3.13. The Morgan fingerprint density at radius 2 is 1.62 bits per heavy atom. The summed E-state index contributed by atoms with van der Waals surface area (Å²) in [6, 6.07) is 9.79. The number of hydrogen-bond donors (Lipinski definition) is 2. The van der Waals surface area contributed by atoms with Gasteiger partial charge in [-0.3, -0.25) is 20.4 Å². The van der Waals surface area contributed by atoms with E-state index in [1.54, 1.807) is 0 Å². The van der Waals surface area contributed by atoms with Gasteiger partial charge in [-0.1, -0.05) is 11.6 Å². The van der Waals surface area contributed by atoms with E-state index >= 15 is 0 Å². The van der Waals surface area contributed by atoms with E-state index in [4.69, 9.17) is 21.1 Å². The van der Waals surface area contributed by atoms with E-state index in [1.807, 2.05) is 5.43 Å². The molecule has 0 bridgehead atoms. The first-order valence-corrected chi connectivity index (χ1v) is 9.53. The van der Waals surface area contributed by atoms with Crippen molar-refractivity contribution in [2.45, 2.75) is 6.18 Å². The van der Waals surface area contributed by atoms with Crippen LogP contribution in [0.1, 0.15) is 26.4 Å². The van der Waals surface area contributed by atoms with Crippen molar-refractivity contribution in [2.24, 2.45) is 0 Å². The van der Waals surface area contributed by atoms with Crippen molar-refractivity contribution in [3.05, 3.63) is 70.5 Å². The lowest BCUT2D eigenvalue weighted by molar-refractivity contribution is -0.143. The summed E-state index contributed by atoms with van der Waals surface area (Å²) in [6.45, 7) is 0.687. The molecular weight excluding hydrogens is 453 g/mol. The van der Waals surface area contributed by atoms with Crippen LogP contribution in [0.2, 0.25) is 5.02 Å². The maximum absolute atomic E-state index is 13.7. The second-order valence-electron chi connectivity index (χ2n) is 6.56. The van der Waals surface area contributed by atoms with Crippen molar-refractivity contribution in [1.29, 1.82) is 0 Å². The van der Waals surface area contributed by atoms with Crippen LogP contribution in [0.5, 0.6) is 11.5 Å². The van der Waals surface area contributed by atoms with E-state index in [1.165, 1.54) is 42.5 Å². The lowest BCUT2D eigenvalue weighted by Crippen LogP contribution is -2.42. The summed E-state index contributed by atoms with van der Waals surface area (Å²) in [5.41, 5.74) is 2.16. The van der Waals surface area contributed by atoms with Crippen LogP contribution in [-0.2, 0) is 6.18 Å². The molecule has 1 aliphatic heterocycles. The number of alkyl halides is 3. The number of aromatic nitrogens is 2. The highest BCUT2D eigenvalue weighted by Gasteiger charge is 2.40. The Morgan fingerprint density at radius 1 is 0.969 bits per heavy atom. The second kappa shape index (κ2) is 8.42. The molecule has 0 unspecified atom stereocenters. The van der Waals surface area contributed by atoms with Gasteiger partial charge in [0.2, 0.25) is 0 Å². The number of fused-ring (bicyclic) bond motifs is 1. The third kappa shape index (κ3) is 4.33. The van der Waals surface area contributed by atoms with Gasteiger partial charge in [0.1, 0.15) is 13.2 Å². The molecule has 2 aromatic carbocycles. The maximum Gasteiger partial charge on any atom is 0.434 e. The Bertz CT molecular complexity index is 1180. The number of halogens is 4. The van der Waals surface area contributed by atoms with Crippen LogP contribution in [0.25, 0.3) is 5.69 Å². The van der Waals surface area contributed by atoms with E-state index in [0.29, 0.717) is 34.4 Å². The monoisotopic (exact) mass is 466 g/mol. The van der Waals surface area contributed by atoms with Crippen molar-refractivity contribution >= 4 is 23.4 Å². The number of hydrogen-bond acceptors (Lipinski definition) is 5. The number of amides is 2. The zero-order chi connectivity index (χ0) is 22.9. The molecule has 32 heavy (non-hydrogen) atoms. The Morgan fingerprint density at radius 3 is 2.31 bits per heavy atom. The number of benzene rings is 2. The van der Waals surface area contributed by atoms with Gasteiger partial charge >= 0.3 is 6.18 Å². The van der Waals surface area contributed by atoms with Gasteiger partial charge in [0.05, 0.1) is 17.4 Å². The predicted octanol–water partition coefficient (Wildman–Crippen LogP) is 3.39. The van der Waals surface area contributed by atoms with Crippen LogP contribution in [-0.4, -0.2) is 34.8 Å². The summed E-state index contributed by atoms with van der Waals surface area (Å²) in [5.74, 6) is -1.14. The van der Waals surface area contributed by atoms with Crippen LogP contribution < -0.4 is 20.3 Å². The fraction of sp³-hybridized carbons (Fsp3) is 0.150. The number of nitrogens with zero attached hydrogens (tertiary/aromatic N) is 2. The molecule has 0 fully saturated rings. The minimum absolute atomic E-state index is 0.0566. The molecule has 0 saturated carbocycles. The molecule has 12 heteroatoms. The minimum Gasteiger partial charge on any atom is -0.486 e. The zero-order valence-electron chi connectivity index (χ0n) is 16.1. The number of hydrazine groups is 1. The van der Waals surface area contributed by atoms with Gasteiger partial charge in [-0.15, -0.1) is 0 Å².